The van der Waals surface area contributed by atoms with Gasteiger partial charge in [-0.3, -0.25) is 9.67 Å². The lowest BCUT2D eigenvalue weighted by atomic mass is 10.0. The van der Waals surface area contributed by atoms with E-state index < -0.39 is 0 Å². The SMILES string of the molecule is CCNC(=NCCCn1cccn1)NCCc1ccc(C)cc1C. The predicted octanol–water partition coefficient (Wildman–Crippen LogP) is 2.69. The zero-order valence-electron chi connectivity index (χ0n) is 15.0. The van der Waals surface area contributed by atoms with E-state index in [1.54, 1.807) is 0 Å². The Morgan fingerprint density at radius 1 is 1.25 bits per heavy atom. The first kappa shape index (κ1) is 18.0. The molecule has 0 saturated heterocycles. The minimum Gasteiger partial charge on any atom is -0.357 e. The molecule has 0 bridgehead atoms. The number of hydrogen-bond acceptors (Lipinski definition) is 2. The molecule has 0 amide bonds. The maximum Gasteiger partial charge on any atom is 0.191 e. The first-order valence-corrected chi connectivity index (χ1v) is 8.74. The largest absolute Gasteiger partial charge is 0.357 e. The van der Waals surface area contributed by atoms with Crippen molar-refractivity contribution in [1.82, 2.24) is 20.4 Å². The summed E-state index contributed by atoms with van der Waals surface area (Å²) in [6.45, 7) is 9.84. The molecule has 0 spiro atoms. The summed E-state index contributed by atoms with van der Waals surface area (Å²) in [5, 5.41) is 10.9. The van der Waals surface area contributed by atoms with E-state index >= 15 is 0 Å². The standard InChI is InChI=1S/C19H29N5/c1-4-20-19(21-10-5-13-24-14-6-11-23-24)22-12-9-18-8-7-16(2)15-17(18)3/h6-8,11,14-15H,4-5,9-10,12-13H2,1-3H3,(H2,20,21,22). The van der Waals surface area contributed by atoms with E-state index in [4.69, 9.17) is 0 Å². The molecule has 0 radical (unpaired) electrons. The summed E-state index contributed by atoms with van der Waals surface area (Å²) in [5.41, 5.74) is 4.07. The minimum absolute atomic E-state index is 0.790. The van der Waals surface area contributed by atoms with Crippen molar-refractivity contribution >= 4 is 5.96 Å². The molecule has 2 rings (SSSR count). The Bertz CT molecular complexity index is 631. The van der Waals surface area contributed by atoms with E-state index in [9.17, 15) is 0 Å². The highest BCUT2D eigenvalue weighted by Crippen LogP contribution is 2.10. The molecule has 0 aliphatic rings. The second-order valence-electron chi connectivity index (χ2n) is 5.99. The fourth-order valence-corrected chi connectivity index (χ4v) is 2.64. The van der Waals surface area contributed by atoms with Crippen molar-refractivity contribution in [2.45, 2.75) is 40.2 Å². The molecule has 0 aliphatic carbocycles. The van der Waals surface area contributed by atoms with Crippen LogP contribution in [-0.2, 0) is 13.0 Å². The third-order valence-electron chi connectivity index (χ3n) is 3.90. The van der Waals surface area contributed by atoms with Gasteiger partial charge in [-0.15, -0.1) is 0 Å². The Kier molecular flexibility index (Phi) is 7.33. The Morgan fingerprint density at radius 3 is 2.83 bits per heavy atom. The van der Waals surface area contributed by atoms with Gasteiger partial charge in [0.1, 0.15) is 0 Å². The van der Waals surface area contributed by atoms with Gasteiger partial charge in [-0.25, -0.2) is 0 Å². The van der Waals surface area contributed by atoms with Gasteiger partial charge in [-0.05, 0) is 50.8 Å². The highest BCUT2D eigenvalue weighted by molar-refractivity contribution is 5.79. The average molecular weight is 327 g/mol. The van der Waals surface area contributed by atoms with Crippen molar-refractivity contribution in [3.8, 4) is 0 Å². The van der Waals surface area contributed by atoms with E-state index in [2.05, 4.69) is 59.7 Å². The summed E-state index contributed by atoms with van der Waals surface area (Å²) in [5.74, 6) is 0.891. The molecule has 24 heavy (non-hydrogen) atoms. The molecule has 0 atom stereocenters. The monoisotopic (exact) mass is 327 g/mol. The molecule has 5 heteroatoms. The average Bonchev–Trinajstić information content (AvgIpc) is 3.07. The van der Waals surface area contributed by atoms with Crippen molar-refractivity contribution in [3.05, 3.63) is 53.3 Å². The quantitative estimate of drug-likeness (QED) is 0.445. The van der Waals surface area contributed by atoms with Crippen LogP contribution in [0.25, 0.3) is 0 Å². The maximum atomic E-state index is 4.63. The van der Waals surface area contributed by atoms with Crippen LogP contribution in [0.2, 0.25) is 0 Å². The van der Waals surface area contributed by atoms with E-state index in [0.29, 0.717) is 0 Å². The molecular weight excluding hydrogens is 298 g/mol. The van der Waals surface area contributed by atoms with Crippen LogP contribution in [0.15, 0.2) is 41.7 Å². The van der Waals surface area contributed by atoms with E-state index in [0.717, 1.165) is 45.0 Å². The van der Waals surface area contributed by atoms with Gasteiger partial charge in [-0.2, -0.15) is 5.10 Å². The molecule has 2 aromatic rings. The summed E-state index contributed by atoms with van der Waals surface area (Å²) in [6, 6.07) is 8.59. The Morgan fingerprint density at radius 2 is 2.12 bits per heavy atom. The summed E-state index contributed by atoms with van der Waals surface area (Å²) in [7, 11) is 0. The molecule has 130 valence electrons. The van der Waals surface area contributed by atoms with Crippen molar-refractivity contribution in [2.24, 2.45) is 4.99 Å². The predicted molar refractivity (Wildman–Crippen MR) is 100 cm³/mol. The van der Waals surface area contributed by atoms with Crippen LogP contribution in [0, 0.1) is 13.8 Å². The lowest BCUT2D eigenvalue weighted by molar-refractivity contribution is 0.584. The molecule has 0 fully saturated rings. The second kappa shape index (κ2) is 9.75. The minimum atomic E-state index is 0.790. The topological polar surface area (TPSA) is 54.2 Å². The molecule has 1 heterocycles. The number of nitrogens with zero attached hydrogens (tertiary/aromatic N) is 3. The molecule has 1 aromatic heterocycles. The second-order valence-corrected chi connectivity index (χ2v) is 5.99. The van der Waals surface area contributed by atoms with Crippen LogP contribution < -0.4 is 10.6 Å². The van der Waals surface area contributed by atoms with Gasteiger partial charge in [0.05, 0.1) is 0 Å². The molecule has 0 saturated carbocycles. The summed E-state index contributed by atoms with van der Waals surface area (Å²) < 4.78 is 1.94. The number of rotatable bonds is 8. The smallest absolute Gasteiger partial charge is 0.191 e. The molecule has 0 unspecified atom stereocenters. The van der Waals surface area contributed by atoms with Gasteiger partial charge in [0.25, 0.3) is 0 Å². The van der Waals surface area contributed by atoms with Crippen LogP contribution in [0.3, 0.4) is 0 Å². The lowest BCUT2D eigenvalue weighted by Gasteiger charge is -2.12. The van der Waals surface area contributed by atoms with Gasteiger partial charge in [0.2, 0.25) is 0 Å². The first-order valence-electron chi connectivity index (χ1n) is 8.74. The number of guanidine groups is 1. The lowest BCUT2D eigenvalue weighted by Crippen LogP contribution is -2.38. The normalized spacial score (nSPS) is 11.5. The number of aromatic nitrogens is 2. The van der Waals surface area contributed by atoms with Crippen molar-refractivity contribution < 1.29 is 0 Å². The maximum absolute atomic E-state index is 4.63. The number of nitrogens with one attached hydrogen (secondary N) is 2. The summed E-state index contributed by atoms with van der Waals surface area (Å²) >= 11 is 0. The van der Waals surface area contributed by atoms with Crippen LogP contribution in [0.5, 0.6) is 0 Å². The molecule has 5 nitrogen and oxygen atoms in total. The van der Waals surface area contributed by atoms with Crippen molar-refractivity contribution in [3.63, 3.8) is 0 Å². The van der Waals surface area contributed by atoms with Crippen molar-refractivity contribution in [1.29, 1.82) is 0 Å². The Balaban J connectivity index is 1.76. The highest BCUT2D eigenvalue weighted by Gasteiger charge is 2.01. The molecular formula is C19H29N5. The van der Waals surface area contributed by atoms with Crippen LogP contribution in [0.1, 0.15) is 30.0 Å². The third kappa shape index (κ3) is 6.07. The van der Waals surface area contributed by atoms with Gasteiger partial charge in [0.15, 0.2) is 5.96 Å². The third-order valence-corrected chi connectivity index (χ3v) is 3.90. The zero-order valence-corrected chi connectivity index (χ0v) is 15.0. The number of benzene rings is 1. The molecule has 2 N–H and O–H groups in total. The molecule has 0 aliphatic heterocycles. The van der Waals surface area contributed by atoms with Gasteiger partial charge < -0.3 is 10.6 Å². The first-order chi connectivity index (χ1) is 11.7. The van der Waals surface area contributed by atoms with E-state index in [1.807, 2.05) is 23.1 Å². The van der Waals surface area contributed by atoms with E-state index in [-0.39, 0.29) is 0 Å². The summed E-state index contributed by atoms with van der Waals surface area (Å²) in [6.07, 6.45) is 5.78. The van der Waals surface area contributed by atoms with Gasteiger partial charge in [0, 0.05) is 38.6 Å². The fourth-order valence-electron chi connectivity index (χ4n) is 2.64. The fraction of sp³-hybridized carbons (Fsp3) is 0.474. The Labute approximate surface area is 145 Å². The summed E-state index contributed by atoms with van der Waals surface area (Å²) in [4.78, 5) is 4.63. The number of aryl methyl sites for hydroxylation is 3. The van der Waals surface area contributed by atoms with Crippen LogP contribution in [-0.4, -0.2) is 35.4 Å². The van der Waals surface area contributed by atoms with Gasteiger partial charge >= 0.3 is 0 Å². The van der Waals surface area contributed by atoms with Crippen LogP contribution in [0.4, 0.5) is 0 Å². The van der Waals surface area contributed by atoms with Crippen molar-refractivity contribution in [2.75, 3.05) is 19.6 Å². The highest BCUT2D eigenvalue weighted by atomic mass is 15.3. The van der Waals surface area contributed by atoms with Crippen LogP contribution >= 0.6 is 0 Å². The van der Waals surface area contributed by atoms with E-state index in [1.165, 1.54) is 16.7 Å². The Hall–Kier alpha value is -2.30. The number of aliphatic imine (C=N–C) groups is 1. The van der Waals surface area contributed by atoms with Gasteiger partial charge in [-0.1, -0.05) is 23.8 Å². The molecule has 1 aromatic carbocycles. The number of hydrogen-bond donors (Lipinski definition) is 2. The zero-order chi connectivity index (χ0) is 17.2.